The lowest BCUT2D eigenvalue weighted by atomic mass is 10.2. The van der Waals surface area contributed by atoms with Gasteiger partial charge in [0.2, 0.25) is 0 Å². The number of hydrogen-bond acceptors (Lipinski definition) is 5. The van der Waals surface area contributed by atoms with E-state index in [-0.39, 0.29) is 13.2 Å². The van der Waals surface area contributed by atoms with E-state index in [1.165, 1.54) is 5.01 Å². The van der Waals surface area contributed by atoms with Crippen molar-refractivity contribution in [3.05, 3.63) is 71.8 Å². The number of carbonyl (C=O) groups excluding carboxylic acids is 2. The first-order valence-corrected chi connectivity index (χ1v) is 8.21. The molecule has 7 heteroatoms. The van der Waals surface area contributed by atoms with E-state index in [1.54, 1.807) is 0 Å². The van der Waals surface area contributed by atoms with E-state index in [0.29, 0.717) is 6.54 Å². The van der Waals surface area contributed by atoms with Crippen LogP contribution in [0.15, 0.2) is 60.7 Å². The van der Waals surface area contributed by atoms with Crippen molar-refractivity contribution in [1.82, 2.24) is 10.0 Å². The Bertz CT molecular complexity index is 671. The molecule has 2 aromatic carbocycles. The summed E-state index contributed by atoms with van der Waals surface area (Å²) in [5, 5.41) is 2.19. The van der Waals surface area contributed by atoms with Crippen molar-refractivity contribution >= 4 is 23.8 Å². The number of halogens is 1. The van der Waals surface area contributed by atoms with E-state index >= 15 is 0 Å². The minimum atomic E-state index is -0.815. The molecule has 0 N–H and O–H groups in total. The highest BCUT2D eigenvalue weighted by atomic mass is 35.5. The maximum Gasteiger partial charge on any atom is 0.434 e. The molecule has 0 saturated carbocycles. The number of ether oxygens (including phenoxy) is 2. The normalized spacial score (nSPS) is 18.3. The Morgan fingerprint density at radius 1 is 0.920 bits per heavy atom. The minimum absolute atomic E-state index is 0.0585. The van der Waals surface area contributed by atoms with E-state index in [4.69, 9.17) is 21.1 Å². The van der Waals surface area contributed by atoms with Gasteiger partial charge in [-0.3, -0.25) is 0 Å². The monoisotopic (exact) mass is 360 g/mol. The van der Waals surface area contributed by atoms with Crippen LogP contribution in [0.4, 0.5) is 9.59 Å². The van der Waals surface area contributed by atoms with Crippen LogP contribution in [0.5, 0.6) is 0 Å². The molecule has 25 heavy (non-hydrogen) atoms. The lowest BCUT2D eigenvalue weighted by Gasteiger charge is -2.20. The van der Waals surface area contributed by atoms with Crippen LogP contribution in [-0.4, -0.2) is 34.3 Å². The fraction of sp³-hybridized carbons (Fsp3) is 0.222. The van der Waals surface area contributed by atoms with Gasteiger partial charge in [0.1, 0.15) is 18.7 Å². The molecule has 6 nitrogen and oxygen atoms in total. The molecular formula is C18H17ClN2O4. The van der Waals surface area contributed by atoms with Gasteiger partial charge in [0.05, 0.1) is 6.54 Å². The van der Waals surface area contributed by atoms with Gasteiger partial charge in [-0.1, -0.05) is 60.7 Å². The smallest absolute Gasteiger partial charge is 0.434 e. The third-order valence-corrected chi connectivity index (χ3v) is 3.90. The highest BCUT2D eigenvalue weighted by Gasteiger charge is 2.45. The van der Waals surface area contributed by atoms with Crippen LogP contribution in [0.3, 0.4) is 0 Å². The Balaban J connectivity index is 1.59. The number of amides is 2. The number of alkyl halides is 1. The third-order valence-electron chi connectivity index (χ3n) is 3.54. The van der Waals surface area contributed by atoms with Crippen molar-refractivity contribution in [3.63, 3.8) is 0 Å². The van der Waals surface area contributed by atoms with Crippen molar-refractivity contribution in [1.29, 1.82) is 0 Å². The molecule has 1 fully saturated rings. The summed E-state index contributed by atoms with van der Waals surface area (Å²) in [5.41, 5.74) is 1.22. The van der Waals surface area contributed by atoms with Gasteiger partial charge >= 0.3 is 12.2 Å². The Hall–Kier alpha value is -2.57. The first kappa shape index (κ1) is 17.3. The average Bonchev–Trinajstić information content (AvgIpc) is 3.36. The second-order valence-corrected chi connectivity index (χ2v) is 5.95. The van der Waals surface area contributed by atoms with Crippen LogP contribution in [0.1, 0.15) is 11.1 Å². The zero-order valence-corrected chi connectivity index (χ0v) is 14.1. The molecular weight excluding hydrogens is 344 g/mol. The van der Waals surface area contributed by atoms with Crippen LogP contribution in [0, 0.1) is 0 Å². The molecule has 2 atom stereocenters. The summed E-state index contributed by atoms with van der Waals surface area (Å²) in [6.07, 6.45) is -1.63. The van der Waals surface area contributed by atoms with Crippen LogP contribution in [0.25, 0.3) is 0 Å². The summed E-state index contributed by atoms with van der Waals surface area (Å²) in [4.78, 5) is 24.6. The summed E-state index contributed by atoms with van der Waals surface area (Å²) in [7, 11) is 0. The SMILES string of the molecule is O=C(OCc1ccccc1)N(C(=O)OCc1ccccc1)N1CC1Cl. The van der Waals surface area contributed by atoms with Gasteiger partial charge in [0.15, 0.2) is 0 Å². The maximum atomic E-state index is 12.3. The number of imide groups is 1. The molecule has 1 aliphatic heterocycles. The highest BCUT2D eigenvalue weighted by Crippen LogP contribution is 2.26. The molecule has 1 aliphatic rings. The molecule has 130 valence electrons. The molecule has 3 rings (SSSR count). The van der Waals surface area contributed by atoms with Crippen molar-refractivity contribution in [2.75, 3.05) is 6.54 Å². The van der Waals surface area contributed by atoms with E-state index in [0.717, 1.165) is 16.1 Å². The summed E-state index contributed by atoms with van der Waals surface area (Å²) in [5.74, 6) is 0. The number of benzene rings is 2. The molecule has 1 heterocycles. The van der Waals surface area contributed by atoms with Gasteiger partial charge in [0, 0.05) is 0 Å². The van der Waals surface area contributed by atoms with Crippen molar-refractivity contribution in [3.8, 4) is 0 Å². The Kier molecular flexibility index (Phi) is 5.53. The molecule has 2 unspecified atom stereocenters. The molecule has 2 aromatic rings. The van der Waals surface area contributed by atoms with Gasteiger partial charge in [0.25, 0.3) is 0 Å². The summed E-state index contributed by atoms with van der Waals surface area (Å²) >= 11 is 5.94. The van der Waals surface area contributed by atoms with E-state index in [1.807, 2.05) is 60.7 Å². The summed E-state index contributed by atoms with van der Waals surface area (Å²) < 4.78 is 10.4. The van der Waals surface area contributed by atoms with Gasteiger partial charge in [-0.2, -0.15) is 5.01 Å². The molecule has 0 bridgehead atoms. The molecule has 0 aromatic heterocycles. The van der Waals surface area contributed by atoms with Crippen LogP contribution >= 0.6 is 11.6 Å². The standard InChI is InChI=1S/C18H17ClN2O4/c19-16-11-20(16)21(17(22)24-12-14-7-3-1-4-8-14)18(23)25-13-15-9-5-2-6-10-15/h1-10,16H,11-13H2. The largest absolute Gasteiger partial charge is 0.443 e. The second-order valence-electron chi connectivity index (χ2n) is 5.45. The Morgan fingerprint density at radius 3 is 1.68 bits per heavy atom. The second kappa shape index (κ2) is 8.00. The first-order chi connectivity index (χ1) is 12.1. The molecule has 0 aliphatic carbocycles. The number of rotatable bonds is 5. The average molecular weight is 361 g/mol. The lowest BCUT2D eigenvalue weighted by Crippen LogP contribution is -2.42. The van der Waals surface area contributed by atoms with Gasteiger partial charge in [-0.05, 0) is 11.1 Å². The number of carbonyl (C=O) groups is 2. The van der Waals surface area contributed by atoms with E-state index < -0.39 is 17.7 Å². The summed E-state index contributed by atoms with van der Waals surface area (Å²) in [6, 6.07) is 18.4. The molecule has 2 amide bonds. The molecule has 0 radical (unpaired) electrons. The van der Waals surface area contributed by atoms with Crippen LogP contribution < -0.4 is 0 Å². The van der Waals surface area contributed by atoms with Gasteiger partial charge in [-0.15, -0.1) is 16.6 Å². The minimum Gasteiger partial charge on any atom is -0.443 e. The fourth-order valence-corrected chi connectivity index (χ4v) is 2.39. The molecule has 1 saturated heterocycles. The summed E-state index contributed by atoms with van der Waals surface area (Å²) in [6.45, 7) is 0.494. The topological polar surface area (TPSA) is 58.9 Å². The third kappa shape index (κ3) is 4.71. The van der Waals surface area contributed by atoms with Gasteiger partial charge < -0.3 is 9.47 Å². The Labute approximate surface area is 150 Å². The quantitative estimate of drug-likeness (QED) is 0.461. The van der Waals surface area contributed by atoms with Crippen molar-refractivity contribution < 1.29 is 19.1 Å². The number of nitrogens with zero attached hydrogens (tertiary/aromatic N) is 2. The van der Waals surface area contributed by atoms with E-state index in [9.17, 15) is 9.59 Å². The zero-order valence-electron chi connectivity index (χ0n) is 13.4. The Morgan fingerprint density at radius 2 is 1.32 bits per heavy atom. The van der Waals surface area contributed by atoms with Crippen molar-refractivity contribution in [2.45, 2.75) is 18.7 Å². The predicted octanol–water partition coefficient (Wildman–Crippen LogP) is 3.76. The van der Waals surface area contributed by atoms with Crippen LogP contribution in [-0.2, 0) is 22.7 Å². The lowest BCUT2D eigenvalue weighted by molar-refractivity contribution is 0.0234. The maximum absolute atomic E-state index is 12.3. The first-order valence-electron chi connectivity index (χ1n) is 7.77. The highest BCUT2D eigenvalue weighted by molar-refractivity contribution is 6.22. The van der Waals surface area contributed by atoms with Crippen molar-refractivity contribution in [2.24, 2.45) is 0 Å². The van der Waals surface area contributed by atoms with Crippen LogP contribution in [0.2, 0.25) is 0 Å². The predicted molar refractivity (Wildman–Crippen MR) is 91.4 cm³/mol. The van der Waals surface area contributed by atoms with Gasteiger partial charge in [-0.25, -0.2) is 9.59 Å². The molecule has 0 spiro atoms. The number of hydrazine groups is 1. The van der Waals surface area contributed by atoms with E-state index in [2.05, 4.69) is 0 Å². The number of hydrogen-bond donors (Lipinski definition) is 0. The zero-order chi connectivity index (χ0) is 17.6. The fourth-order valence-electron chi connectivity index (χ4n) is 2.16.